The molecule has 0 radical (unpaired) electrons. The summed E-state index contributed by atoms with van der Waals surface area (Å²) in [5.41, 5.74) is 3.06. The number of pyridine rings is 1. The van der Waals surface area contributed by atoms with E-state index in [-0.39, 0.29) is 0 Å². The molecule has 0 atom stereocenters. The molecule has 5 nitrogen and oxygen atoms in total. The lowest BCUT2D eigenvalue weighted by Crippen LogP contribution is -2.02. The maximum Gasteiger partial charge on any atom is 0.143 e. The Balaban J connectivity index is 1.86. The van der Waals surface area contributed by atoms with Gasteiger partial charge in [0, 0.05) is 24.6 Å². The minimum Gasteiger partial charge on any atom is -0.365 e. The summed E-state index contributed by atoms with van der Waals surface area (Å²) in [7, 11) is 0. The molecular weight excluding hydrogens is 226 g/mol. The van der Waals surface area contributed by atoms with Crippen molar-refractivity contribution in [3.05, 3.63) is 48.2 Å². The predicted octanol–water partition coefficient (Wildman–Crippen LogP) is 2.27. The Kier molecular flexibility index (Phi) is 2.64. The molecule has 0 spiro atoms. The minimum absolute atomic E-state index is 0.699. The molecule has 0 saturated carbocycles. The van der Waals surface area contributed by atoms with Crippen LogP contribution >= 0.6 is 0 Å². The number of hydrogen-bond donors (Lipinski definition) is 2. The second-order valence-corrected chi connectivity index (χ2v) is 4.15. The monoisotopic (exact) mass is 239 g/mol. The van der Waals surface area contributed by atoms with Crippen LogP contribution in [0.1, 0.15) is 11.3 Å². The SMILES string of the molecule is Cc1cc2c(NCc3cccnc3)ncnc2[nH]1. The fourth-order valence-corrected chi connectivity index (χ4v) is 1.90. The quantitative estimate of drug-likeness (QED) is 0.735. The summed E-state index contributed by atoms with van der Waals surface area (Å²) in [6.07, 6.45) is 5.17. The van der Waals surface area contributed by atoms with Gasteiger partial charge in [0.25, 0.3) is 0 Å². The molecule has 0 bridgehead atoms. The second kappa shape index (κ2) is 4.44. The number of aromatic amines is 1. The van der Waals surface area contributed by atoms with Crippen molar-refractivity contribution in [3.8, 4) is 0 Å². The first kappa shape index (κ1) is 10.7. The number of nitrogens with one attached hydrogen (secondary N) is 2. The number of aromatic nitrogens is 4. The zero-order valence-corrected chi connectivity index (χ0v) is 10.0. The Morgan fingerprint density at radius 3 is 3.11 bits per heavy atom. The van der Waals surface area contributed by atoms with Crippen LogP contribution in [-0.4, -0.2) is 19.9 Å². The van der Waals surface area contributed by atoms with Crippen LogP contribution in [0.4, 0.5) is 5.82 Å². The number of anilines is 1. The highest BCUT2D eigenvalue weighted by atomic mass is 15.0. The third-order valence-corrected chi connectivity index (χ3v) is 2.74. The molecule has 0 aromatic carbocycles. The lowest BCUT2D eigenvalue weighted by Gasteiger charge is -2.05. The third kappa shape index (κ3) is 2.02. The van der Waals surface area contributed by atoms with Gasteiger partial charge in [0.2, 0.25) is 0 Å². The van der Waals surface area contributed by atoms with E-state index in [9.17, 15) is 0 Å². The van der Waals surface area contributed by atoms with E-state index in [1.807, 2.05) is 31.3 Å². The molecule has 0 amide bonds. The van der Waals surface area contributed by atoms with Crippen LogP contribution in [0.15, 0.2) is 36.9 Å². The molecule has 0 aliphatic rings. The lowest BCUT2D eigenvalue weighted by atomic mass is 10.3. The van der Waals surface area contributed by atoms with Gasteiger partial charge in [-0.1, -0.05) is 6.07 Å². The summed E-state index contributed by atoms with van der Waals surface area (Å²) in [5, 5.41) is 4.32. The van der Waals surface area contributed by atoms with Crippen molar-refractivity contribution in [2.24, 2.45) is 0 Å². The maximum atomic E-state index is 4.27. The van der Waals surface area contributed by atoms with E-state index in [0.29, 0.717) is 6.54 Å². The van der Waals surface area contributed by atoms with Gasteiger partial charge in [0.1, 0.15) is 17.8 Å². The molecule has 0 saturated heterocycles. The molecule has 3 heterocycles. The van der Waals surface area contributed by atoms with E-state index in [1.165, 1.54) is 0 Å². The predicted molar refractivity (Wildman–Crippen MR) is 70.2 cm³/mol. The van der Waals surface area contributed by atoms with Crippen LogP contribution in [0.3, 0.4) is 0 Å². The number of hydrogen-bond acceptors (Lipinski definition) is 4. The van der Waals surface area contributed by atoms with Gasteiger partial charge in [0.15, 0.2) is 0 Å². The van der Waals surface area contributed by atoms with Crippen LogP contribution in [0, 0.1) is 6.92 Å². The van der Waals surface area contributed by atoms with Crippen molar-refractivity contribution in [3.63, 3.8) is 0 Å². The lowest BCUT2D eigenvalue weighted by molar-refractivity contribution is 1.08. The maximum absolute atomic E-state index is 4.27. The van der Waals surface area contributed by atoms with Crippen molar-refractivity contribution >= 4 is 16.9 Å². The molecule has 3 aromatic heterocycles. The van der Waals surface area contributed by atoms with Crippen molar-refractivity contribution in [2.75, 3.05) is 5.32 Å². The second-order valence-electron chi connectivity index (χ2n) is 4.15. The van der Waals surface area contributed by atoms with Crippen LogP contribution in [0.2, 0.25) is 0 Å². The van der Waals surface area contributed by atoms with Gasteiger partial charge in [-0.05, 0) is 24.6 Å². The van der Waals surface area contributed by atoms with E-state index in [0.717, 1.165) is 28.1 Å². The molecule has 0 aliphatic heterocycles. The minimum atomic E-state index is 0.699. The highest BCUT2D eigenvalue weighted by molar-refractivity contribution is 5.87. The Hall–Kier alpha value is -2.43. The summed E-state index contributed by atoms with van der Waals surface area (Å²) in [4.78, 5) is 15.7. The van der Waals surface area contributed by atoms with Crippen LogP contribution in [-0.2, 0) is 6.54 Å². The number of fused-ring (bicyclic) bond motifs is 1. The molecule has 3 aromatic rings. The third-order valence-electron chi connectivity index (χ3n) is 2.74. The van der Waals surface area contributed by atoms with E-state index >= 15 is 0 Å². The number of aryl methyl sites for hydroxylation is 1. The van der Waals surface area contributed by atoms with Gasteiger partial charge in [0.05, 0.1) is 5.39 Å². The molecule has 0 unspecified atom stereocenters. The first-order chi connectivity index (χ1) is 8.83. The van der Waals surface area contributed by atoms with Gasteiger partial charge in [-0.25, -0.2) is 9.97 Å². The van der Waals surface area contributed by atoms with Crippen LogP contribution < -0.4 is 5.32 Å². The van der Waals surface area contributed by atoms with Crippen molar-refractivity contribution in [1.82, 2.24) is 19.9 Å². The first-order valence-corrected chi connectivity index (χ1v) is 5.76. The summed E-state index contributed by atoms with van der Waals surface area (Å²) in [6, 6.07) is 5.99. The summed E-state index contributed by atoms with van der Waals surface area (Å²) >= 11 is 0. The average Bonchev–Trinajstić information content (AvgIpc) is 2.78. The summed E-state index contributed by atoms with van der Waals surface area (Å²) in [5.74, 6) is 0.841. The number of H-pyrrole nitrogens is 1. The summed E-state index contributed by atoms with van der Waals surface area (Å²) < 4.78 is 0. The molecule has 90 valence electrons. The first-order valence-electron chi connectivity index (χ1n) is 5.76. The molecule has 18 heavy (non-hydrogen) atoms. The Morgan fingerprint density at radius 2 is 2.28 bits per heavy atom. The highest BCUT2D eigenvalue weighted by Gasteiger charge is 2.05. The molecule has 0 aliphatic carbocycles. The van der Waals surface area contributed by atoms with Crippen molar-refractivity contribution in [2.45, 2.75) is 13.5 Å². The number of rotatable bonds is 3. The molecular formula is C13H13N5. The van der Waals surface area contributed by atoms with Gasteiger partial charge in [-0.2, -0.15) is 0 Å². The van der Waals surface area contributed by atoms with Crippen LogP contribution in [0.25, 0.3) is 11.0 Å². The van der Waals surface area contributed by atoms with Gasteiger partial charge in [-0.15, -0.1) is 0 Å². The normalized spacial score (nSPS) is 10.7. The molecule has 5 heteroatoms. The van der Waals surface area contributed by atoms with E-state index in [1.54, 1.807) is 12.5 Å². The molecule has 3 rings (SSSR count). The van der Waals surface area contributed by atoms with E-state index in [2.05, 4.69) is 25.3 Å². The standard InChI is InChI=1S/C13H13N5/c1-9-5-11-12(16-8-17-13(11)18-9)15-7-10-3-2-4-14-6-10/h2-6,8H,7H2,1H3,(H2,15,16,17,18). The topological polar surface area (TPSA) is 66.5 Å². The van der Waals surface area contributed by atoms with Crippen molar-refractivity contribution < 1.29 is 0 Å². The van der Waals surface area contributed by atoms with E-state index < -0.39 is 0 Å². The molecule has 0 fully saturated rings. The van der Waals surface area contributed by atoms with Crippen molar-refractivity contribution in [1.29, 1.82) is 0 Å². The fraction of sp³-hybridized carbons (Fsp3) is 0.154. The van der Waals surface area contributed by atoms with Gasteiger partial charge >= 0.3 is 0 Å². The number of nitrogens with zero attached hydrogens (tertiary/aromatic N) is 3. The Labute approximate surface area is 104 Å². The Bertz CT molecular complexity index is 659. The zero-order chi connectivity index (χ0) is 12.4. The molecule has 2 N–H and O–H groups in total. The van der Waals surface area contributed by atoms with E-state index in [4.69, 9.17) is 0 Å². The van der Waals surface area contributed by atoms with Gasteiger partial charge < -0.3 is 10.3 Å². The fourth-order valence-electron chi connectivity index (χ4n) is 1.90. The van der Waals surface area contributed by atoms with Crippen LogP contribution in [0.5, 0.6) is 0 Å². The smallest absolute Gasteiger partial charge is 0.143 e. The average molecular weight is 239 g/mol. The highest BCUT2D eigenvalue weighted by Crippen LogP contribution is 2.20. The Morgan fingerprint density at radius 1 is 1.33 bits per heavy atom. The summed E-state index contributed by atoms with van der Waals surface area (Å²) in [6.45, 7) is 2.71. The largest absolute Gasteiger partial charge is 0.365 e. The zero-order valence-electron chi connectivity index (χ0n) is 10.0. The van der Waals surface area contributed by atoms with Gasteiger partial charge in [-0.3, -0.25) is 4.98 Å².